The highest BCUT2D eigenvalue weighted by Crippen LogP contribution is 2.26. The standard InChI is InChI=1S/C23H21N3O2S/c1-15-5-8-17(9-6-15)22(20-4-3-11-29-20)25-21(27)13-26-14-24-19-10-7-16(2)12-18(19)23(26)28/h3-12,14,22H,13H2,1-2H3,(H,25,27). The topological polar surface area (TPSA) is 64.0 Å². The number of hydrogen-bond acceptors (Lipinski definition) is 4. The van der Waals surface area contributed by atoms with Gasteiger partial charge in [-0.15, -0.1) is 11.3 Å². The average Bonchev–Trinajstić information content (AvgIpc) is 3.24. The maximum atomic E-state index is 12.8. The molecule has 0 saturated carbocycles. The summed E-state index contributed by atoms with van der Waals surface area (Å²) in [5.41, 5.74) is 3.57. The maximum absolute atomic E-state index is 12.8. The predicted molar refractivity (Wildman–Crippen MR) is 116 cm³/mol. The Morgan fingerprint density at radius 3 is 2.59 bits per heavy atom. The van der Waals surface area contributed by atoms with Crippen molar-refractivity contribution in [3.8, 4) is 0 Å². The molecule has 0 aliphatic carbocycles. The number of nitrogens with one attached hydrogen (secondary N) is 1. The number of carbonyl (C=O) groups excluding carboxylic acids is 1. The number of nitrogens with zero attached hydrogens (tertiary/aromatic N) is 2. The summed E-state index contributed by atoms with van der Waals surface area (Å²) in [6.45, 7) is 3.88. The summed E-state index contributed by atoms with van der Waals surface area (Å²) in [5.74, 6) is -0.236. The number of aryl methyl sites for hydroxylation is 2. The Morgan fingerprint density at radius 2 is 1.86 bits per heavy atom. The van der Waals surface area contributed by atoms with Gasteiger partial charge in [-0.2, -0.15) is 0 Å². The van der Waals surface area contributed by atoms with Crippen molar-refractivity contribution in [1.29, 1.82) is 0 Å². The van der Waals surface area contributed by atoms with Crippen LogP contribution in [0.2, 0.25) is 0 Å². The largest absolute Gasteiger partial charge is 0.343 e. The monoisotopic (exact) mass is 403 g/mol. The molecule has 5 nitrogen and oxygen atoms in total. The van der Waals surface area contributed by atoms with Crippen molar-refractivity contribution in [1.82, 2.24) is 14.9 Å². The van der Waals surface area contributed by atoms with Gasteiger partial charge in [0.15, 0.2) is 0 Å². The molecular formula is C23H21N3O2S. The molecule has 29 heavy (non-hydrogen) atoms. The Balaban J connectivity index is 1.60. The lowest BCUT2D eigenvalue weighted by Gasteiger charge is -2.19. The molecule has 0 fully saturated rings. The van der Waals surface area contributed by atoms with E-state index in [4.69, 9.17) is 0 Å². The van der Waals surface area contributed by atoms with Crippen molar-refractivity contribution < 1.29 is 4.79 Å². The summed E-state index contributed by atoms with van der Waals surface area (Å²) in [6, 6.07) is 17.4. The van der Waals surface area contributed by atoms with E-state index in [0.29, 0.717) is 10.9 Å². The third-order valence-electron chi connectivity index (χ3n) is 4.84. The van der Waals surface area contributed by atoms with Gasteiger partial charge in [-0.1, -0.05) is 47.5 Å². The molecule has 1 amide bonds. The van der Waals surface area contributed by atoms with Crippen molar-refractivity contribution in [2.24, 2.45) is 0 Å². The van der Waals surface area contributed by atoms with Crippen LogP contribution in [-0.4, -0.2) is 15.5 Å². The molecule has 2 heterocycles. The first-order chi connectivity index (χ1) is 14.0. The quantitative estimate of drug-likeness (QED) is 0.548. The van der Waals surface area contributed by atoms with E-state index < -0.39 is 0 Å². The second-order valence-electron chi connectivity index (χ2n) is 7.12. The van der Waals surface area contributed by atoms with Crippen LogP contribution in [0.25, 0.3) is 10.9 Å². The zero-order valence-electron chi connectivity index (χ0n) is 16.3. The Labute approximate surface area is 172 Å². The van der Waals surface area contributed by atoms with E-state index in [0.717, 1.165) is 21.6 Å². The number of benzene rings is 2. The normalized spacial score (nSPS) is 12.1. The molecule has 0 radical (unpaired) electrons. The van der Waals surface area contributed by atoms with E-state index in [9.17, 15) is 9.59 Å². The average molecular weight is 404 g/mol. The zero-order chi connectivity index (χ0) is 20.4. The van der Waals surface area contributed by atoms with Gasteiger partial charge in [-0.25, -0.2) is 4.98 Å². The van der Waals surface area contributed by atoms with Crippen LogP contribution in [0.15, 0.2) is 71.1 Å². The minimum absolute atomic E-state index is 0.0799. The molecule has 0 spiro atoms. The number of amides is 1. The molecular weight excluding hydrogens is 382 g/mol. The van der Waals surface area contributed by atoms with Crippen molar-refractivity contribution in [3.05, 3.63) is 98.2 Å². The molecule has 1 N–H and O–H groups in total. The third kappa shape index (κ3) is 4.12. The van der Waals surface area contributed by atoms with Gasteiger partial charge in [0, 0.05) is 4.88 Å². The Kier molecular flexibility index (Phi) is 5.27. The summed E-state index contributed by atoms with van der Waals surface area (Å²) in [6.07, 6.45) is 1.44. The smallest absolute Gasteiger partial charge is 0.261 e. The first-order valence-corrected chi connectivity index (χ1v) is 10.2. The summed E-state index contributed by atoms with van der Waals surface area (Å²) in [4.78, 5) is 31.0. The molecule has 4 aromatic rings. The van der Waals surface area contributed by atoms with Gasteiger partial charge in [0.2, 0.25) is 5.91 Å². The molecule has 0 aliphatic heterocycles. The van der Waals surface area contributed by atoms with E-state index in [1.807, 2.05) is 67.8 Å². The van der Waals surface area contributed by atoms with Gasteiger partial charge < -0.3 is 5.32 Å². The molecule has 2 aromatic carbocycles. The summed E-state index contributed by atoms with van der Waals surface area (Å²) in [7, 11) is 0. The van der Waals surface area contributed by atoms with Gasteiger partial charge in [0.25, 0.3) is 5.56 Å². The second-order valence-corrected chi connectivity index (χ2v) is 8.10. The van der Waals surface area contributed by atoms with Gasteiger partial charge in [0.1, 0.15) is 6.54 Å². The minimum atomic E-state index is -0.255. The van der Waals surface area contributed by atoms with E-state index in [1.165, 1.54) is 10.9 Å². The Bertz CT molecular complexity index is 1210. The van der Waals surface area contributed by atoms with Crippen LogP contribution in [0.1, 0.15) is 27.6 Å². The first-order valence-electron chi connectivity index (χ1n) is 9.36. The number of fused-ring (bicyclic) bond motifs is 1. The lowest BCUT2D eigenvalue weighted by Crippen LogP contribution is -2.35. The fraction of sp³-hybridized carbons (Fsp3) is 0.174. The lowest BCUT2D eigenvalue weighted by molar-refractivity contribution is -0.122. The van der Waals surface area contributed by atoms with Crippen LogP contribution in [-0.2, 0) is 11.3 Å². The van der Waals surface area contributed by atoms with Crippen LogP contribution in [0.5, 0.6) is 0 Å². The molecule has 146 valence electrons. The van der Waals surface area contributed by atoms with Crippen molar-refractivity contribution in [2.75, 3.05) is 0 Å². The van der Waals surface area contributed by atoms with Crippen molar-refractivity contribution >= 4 is 28.1 Å². The van der Waals surface area contributed by atoms with E-state index >= 15 is 0 Å². The fourth-order valence-corrected chi connectivity index (χ4v) is 4.08. The molecule has 0 aliphatic rings. The highest BCUT2D eigenvalue weighted by atomic mass is 32.1. The lowest BCUT2D eigenvalue weighted by atomic mass is 10.0. The molecule has 4 rings (SSSR count). The van der Waals surface area contributed by atoms with Gasteiger partial charge in [-0.05, 0) is 43.0 Å². The minimum Gasteiger partial charge on any atom is -0.343 e. The summed E-state index contributed by atoms with van der Waals surface area (Å²) >= 11 is 1.59. The highest BCUT2D eigenvalue weighted by molar-refractivity contribution is 7.10. The Morgan fingerprint density at radius 1 is 1.10 bits per heavy atom. The molecule has 6 heteroatoms. The number of aromatic nitrogens is 2. The van der Waals surface area contributed by atoms with E-state index in [1.54, 1.807) is 17.4 Å². The number of rotatable bonds is 5. The maximum Gasteiger partial charge on any atom is 0.261 e. The van der Waals surface area contributed by atoms with Gasteiger partial charge in [-0.3, -0.25) is 14.2 Å². The van der Waals surface area contributed by atoms with Crippen LogP contribution < -0.4 is 10.9 Å². The summed E-state index contributed by atoms with van der Waals surface area (Å²) in [5, 5.41) is 5.59. The van der Waals surface area contributed by atoms with Crippen LogP contribution >= 0.6 is 11.3 Å². The van der Waals surface area contributed by atoms with Crippen LogP contribution in [0, 0.1) is 13.8 Å². The van der Waals surface area contributed by atoms with Gasteiger partial charge >= 0.3 is 0 Å². The van der Waals surface area contributed by atoms with Crippen LogP contribution in [0.3, 0.4) is 0 Å². The van der Waals surface area contributed by atoms with Crippen molar-refractivity contribution in [3.63, 3.8) is 0 Å². The van der Waals surface area contributed by atoms with Gasteiger partial charge in [0.05, 0.1) is 23.3 Å². The van der Waals surface area contributed by atoms with E-state index in [2.05, 4.69) is 10.3 Å². The highest BCUT2D eigenvalue weighted by Gasteiger charge is 2.18. The zero-order valence-corrected chi connectivity index (χ0v) is 17.1. The molecule has 2 aromatic heterocycles. The molecule has 0 bridgehead atoms. The Hall–Kier alpha value is -3.25. The third-order valence-corrected chi connectivity index (χ3v) is 5.77. The molecule has 1 unspecified atom stereocenters. The SMILES string of the molecule is Cc1ccc(C(NC(=O)Cn2cnc3ccc(C)cc3c2=O)c2cccs2)cc1. The van der Waals surface area contributed by atoms with Crippen LogP contribution in [0.4, 0.5) is 0 Å². The molecule has 1 atom stereocenters. The fourth-order valence-electron chi connectivity index (χ4n) is 3.28. The first kappa shape index (κ1) is 19.1. The van der Waals surface area contributed by atoms with Crippen molar-refractivity contribution in [2.45, 2.75) is 26.4 Å². The number of hydrogen-bond donors (Lipinski definition) is 1. The number of thiophene rings is 1. The molecule has 0 saturated heterocycles. The second kappa shape index (κ2) is 8.01. The van der Waals surface area contributed by atoms with E-state index in [-0.39, 0.29) is 24.1 Å². The summed E-state index contributed by atoms with van der Waals surface area (Å²) < 4.78 is 1.36. The number of carbonyl (C=O) groups is 1. The predicted octanol–water partition coefficient (Wildman–Crippen LogP) is 3.98.